The minimum atomic E-state index is 0.0694. The van der Waals surface area contributed by atoms with Crippen LogP contribution in [0.3, 0.4) is 0 Å². The molecule has 0 aromatic rings. The first kappa shape index (κ1) is 4.43. The fraction of sp³-hybridized carbons (Fsp3) is 0.750. The van der Waals surface area contributed by atoms with Crippen molar-refractivity contribution in [3.05, 3.63) is 0 Å². The highest BCUT2D eigenvalue weighted by Gasteiger charge is 2.11. The first-order chi connectivity index (χ1) is 3.30. The van der Waals surface area contributed by atoms with Crippen molar-refractivity contribution in [1.29, 1.82) is 0 Å². The van der Waals surface area contributed by atoms with Crippen molar-refractivity contribution in [2.75, 3.05) is 7.05 Å². The average molecular weight is 99.1 g/mol. The molecule has 0 aromatic carbocycles. The molecule has 0 saturated carbocycles. The van der Waals surface area contributed by atoms with Crippen LogP contribution in [0.5, 0.6) is 0 Å². The lowest BCUT2D eigenvalue weighted by Gasteiger charge is -2.08. The van der Waals surface area contributed by atoms with Crippen molar-refractivity contribution >= 4 is 6.34 Å². The van der Waals surface area contributed by atoms with E-state index in [0.717, 1.165) is 0 Å². The second kappa shape index (κ2) is 1.40. The summed E-state index contributed by atoms with van der Waals surface area (Å²) >= 11 is 0. The highest BCUT2D eigenvalue weighted by atomic mass is 16.7. The van der Waals surface area contributed by atoms with E-state index >= 15 is 0 Å². The molecule has 39 valence electrons. The fourth-order valence-corrected chi connectivity index (χ4v) is 0.316. The van der Waals surface area contributed by atoms with E-state index in [1.165, 1.54) is 0 Å². The molecular formula is C4H7N2O. The molecule has 1 radical (unpaired) electrons. The highest BCUT2D eigenvalue weighted by molar-refractivity contribution is 5.54. The Labute approximate surface area is 42.6 Å². The van der Waals surface area contributed by atoms with Crippen LogP contribution in [-0.2, 0) is 4.84 Å². The first-order valence-corrected chi connectivity index (χ1v) is 2.15. The molecule has 0 saturated heterocycles. The summed E-state index contributed by atoms with van der Waals surface area (Å²) in [6.07, 6.45) is 2.67. The van der Waals surface area contributed by atoms with Gasteiger partial charge in [0.1, 0.15) is 0 Å². The Bertz CT molecular complexity index is 91.7. The van der Waals surface area contributed by atoms with Gasteiger partial charge in [-0.25, -0.2) is 0 Å². The van der Waals surface area contributed by atoms with Gasteiger partial charge in [-0.15, -0.1) is 0 Å². The summed E-state index contributed by atoms with van der Waals surface area (Å²) in [4.78, 5) is 6.47. The van der Waals surface area contributed by atoms with Crippen LogP contribution in [0.1, 0.15) is 6.92 Å². The topological polar surface area (TPSA) is 24.8 Å². The van der Waals surface area contributed by atoms with E-state index in [4.69, 9.17) is 4.84 Å². The Morgan fingerprint density at radius 3 is 2.71 bits per heavy atom. The Hall–Kier alpha value is -0.730. The number of nitrogens with zero attached hydrogens (tertiary/aromatic N) is 2. The number of hydrogen-bond acceptors (Lipinski definition) is 3. The number of rotatable bonds is 0. The lowest BCUT2D eigenvalue weighted by Crippen LogP contribution is -2.22. The van der Waals surface area contributed by atoms with Gasteiger partial charge in [0.05, 0.1) is 0 Å². The third-order valence-corrected chi connectivity index (χ3v) is 0.949. The second-order valence-electron chi connectivity index (χ2n) is 1.51. The van der Waals surface area contributed by atoms with E-state index in [1.807, 2.05) is 14.0 Å². The summed E-state index contributed by atoms with van der Waals surface area (Å²) < 4.78 is 0. The largest absolute Gasteiger partial charge is 0.369 e. The van der Waals surface area contributed by atoms with Crippen LogP contribution < -0.4 is 0 Å². The molecule has 1 atom stereocenters. The average Bonchev–Trinajstić information content (AvgIpc) is 1.91. The summed E-state index contributed by atoms with van der Waals surface area (Å²) in [6.45, 7) is 1.91. The summed E-state index contributed by atoms with van der Waals surface area (Å²) in [5.41, 5.74) is 0. The van der Waals surface area contributed by atoms with Gasteiger partial charge in [-0.2, -0.15) is 0 Å². The third kappa shape index (κ3) is 0.656. The molecule has 1 aliphatic rings. The summed E-state index contributed by atoms with van der Waals surface area (Å²) in [5.74, 6) is 0. The van der Waals surface area contributed by atoms with Crippen LogP contribution >= 0.6 is 0 Å². The van der Waals surface area contributed by atoms with Crippen LogP contribution in [0, 0.1) is 0 Å². The summed E-state index contributed by atoms with van der Waals surface area (Å²) in [7, 11) is 1.86. The van der Waals surface area contributed by atoms with Gasteiger partial charge in [-0.3, -0.25) is 0 Å². The Balaban J connectivity index is 2.45. The maximum Gasteiger partial charge on any atom is 0.217 e. The van der Waals surface area contributed by atoms with Crippen LogP contribution in [-0.4, -0.2) is 24.5 Å². The van der Waals surface area contributed by atoms with Gasteiger partial charge in [0.25, 0.3) is 0 Å². The first-order valence-electron chi connectivity index (χ1n) is 2.15. The lowest BCUT2D eigenvalue weighted by atomic mass is 10.6. The minimum absolute atomic E-state index is 0.0694. The minimum Gasteiger partial charge on any atom is -0.369 e. The zero-order valence-corrected chi connectivity index (χ0v) is 4.38. The molecule has 0 aliphatic carbocycles. The van der Waals surface area contributed by atoms with Crippen molar-refractivity contribution in [2.24, 2.45) is 5.16 Å². The molecule has 0 aromatic heterocycles. The standard InChI is InChI=1S/C4H7N2O/c1-4-6(2)3-5-7-4/h4H,1-2H3. The highest BCUT2D eigenvalue weighted by Crippen LogP contribution is 2.00. The molecule has 0 amide bonds. The van der Waals surface area contributed by atoms with Crippen LogP contribution in [0.25, 0.3) is 0 Å². The molecule has 1 aliphatic heterocycles. The molecule has 0 spiro atoms. The van der Waals surface area contributed by atoms with Gasteiger partial charge in [-0.1, -0.05) is 5.16 Å². The number of hydrogen-bond donors (Lipinski definition) is 0. The SMILES string of the molecule is CC1ON=[C]N1C. The van der Waals surface area contributed by atoms with E-state index in [2.05, 4.69) is 11.5 Å². The second-order valence-corrected chi connectivity index (χ2v) is 1.51. The van der Waals surface area contributed by atoms with Gasteiger partial charge in [0.2, 0.25) is 6.34 Å². The fourth-order valence-electron chi connectivity index (χ4n) is 0.316. The normalized spacial score (nSPS) is 28.3. The molecule has 0 bridgehead atoms. The molecule has 3 nitrogen and oxygen atoms in total. The predicted molar refractivity (Wildman–Crippen MR) is 25.7 cm³/mol. The molecule has 1 rings (SSSR count). The van der Waals surface area contributed by atoms with Crippen molar-refractivity contribution in [2.45, 2.75) is 13.2 Å². The molecular weight excluding hydrogens is 92.1 g/mol. The summed E-state index contributed by atoms with van der Waals surface area (Å²) in [5, 5.41) is 3.42. The van der Waals surface area contributed by atoms with E-state index in [0.29, 0.717) is 0 Å². The van der Waals surface area contributed by atoms with Crippen molar-refractivity contribution in [1.82, 2.24) is 4.90 Å². The zero-order valence-electron chi connectivity index (χ0n) is 4.38. The van der Waals surface area contributed by atoms with Crippen molar-refractivity contribution in [3.8, 4) is 0 Å². The van der Waals surface area contributed by atoms with E-state index < -0.39 is 0 Å². The maximum absolute atomic E-state index is 4.70. The van der Waals surface area contributed by atoms with Gasteiger partial charge >= 0.3 is 0 Å². The monoisotopic (exact) mass is 99.1 g/mol. The van der Waals surface area contributed by atoms with Gasteiger partial charge in [0.15, 0.2) is 6.23 Å². The van der Waals surface area contributed by atoms with Crippen LogP contribution in [0.15, 0.2) is 5.16 Å². The van der Waals surface area contributed by atoms with Gasteiger partial charge in [-0.05, 0) is 6.92 Å². The smallest absolute Gasteiger partial charge is 0.217 e. The molecule has 0 fully saturated rings. The molecule has 3 heteroatoms. The van der Waals surface area contributed by atoms with Crippen LogP contribution in [0.2, 0.25) is 0 Å². The Morgan fingerprint density at radius 1 is 1.86 bits per heavy atom. The third-order valence-electron chi connectivity index (χ3n) is 0.949. The maximum atomic E-state index is 4.70. The Morgan fingerprint density at radius 2 is 2.57 bits per heavy atom. The lowest BCUT2D eigenvalue weighted by molar-refractivity contribution is 0.0356. The van der Waals surface area contributed by atoms with E-state index in [-0.39, 0.29) is 6.23 Å². The van der Waals surface area contributed by atoms with Crippen LogP contribution in [0.4, 0.5) is 0 Å². The van der Waals surface area contributed by atoms with Gasteiger partial charge in [0, 0.05) is 7.05 Å². The quantitative estimate of drug-likeness (QED) is 0.430. The van der Waals surface area contributed by atoms with Gasteiger partial charge < -0.3 is 9.74 Å². The van der Waals surface area contributed by atoms with Crippen molar-refractivity contribution < 1.29 is 4.84 Å². The molecule has 1 unspecified atom stereocenters. The van der Waals surface area contributed by atoms with Crippen molar-refractivity contribution in [3.63, 3.8) is 0 Å². The molecule has 7 heavy (non-hydrogen) atoms. The summed E-state index contributed by atoms with van der Waals surface area (Å²) in [6, 6.07) is 0. The van der Waals surface area contributed by atoms with E-state index in [1.54, 1.807) is 4.90 Å². The molecule has 1 heterocycles. The Kier molecular flexibility index (Phi) is 0.889. The predicted octanol–water partition coefficient (Wildman–Crippen LogP) is 0.115. The molecule has 0 N–H and O–H groups in total. The van der Waals surface area contributed by atoms with E-state index in [9.17, 15) is 0 Å². The zero-order chi connectivity index (χ0) is 5.28.